The maximum absolute atomic E-state index is 15.0. The molecule has 1 aromatic rings. The van der Waals surface area contributed by atoms with Crippen molar-refractivity contribution in [3.63, 3.8) is 0 Å². The Hall–Kier alpha value is -8.39. The third kappa shape index (κ3) is 34.2. The first-order valence-corrected chi connectivity index (χ1v) is 33.7. The fourth-order valence-corrected chi connectivity index (χ4v) is 9.78. The Labute approximate surface area is 575 Å². The van der Waals surface area contributed by atoms with Gasteiger partial charge in [0.05, 0.1) is 18.2 Å². The minimum atomic E-state index is -1.73. The van der Waals surface area contributed by atoms with Crippen molar-refractivity contribution in [3.8, 4) is 0 Å². The number of rotatable bonds is 27. The van der Waals surface area contributed by atoms with E-state index in [-0.39, 0.29) is 70.5 Å². The first-order chi connectivity index (χ1) is 45.6. The average Bonchev–Trinajstić information content (AvgIpc) is 0.946. The molecule has 1 fully saturated rings. The Morgan fingerprint density at radius 2 is 1.01 bits per heavy atom. The number of aliphatic hydroxyl groups is 2. The fraction of sp³-hybridized carbons (Fsp3) is 0.712. The Kier molecular flexibility index (Phi) is 36.5. The van der Waals surface area contributed by atoms with Gasteiger partial charge in [-0.1, -0.05) is 77.8 Å². The number of amides is 13. The van der Waals surface area contributed by atoms with Crippen LogP contribution in [0.15, 0.2) is 30.3 Å². The highest BCUT2D eigenvalue weighted by Crippen LogP contribution is 2.15. The molecule has 0 radical (unpaired) electrons. The van der Waals surface area contributed by atoms with Crippen LogP contribution >= 0.6 is 0 Å². The first-order valence-electron chi connectivity index (χ1n) is 33.7. The quantitative estimate of drug-likeness (QED) is 0.0529. The number of nitrogens with one attached hydrogen (secondary N) is 13. The normalized spacial score (nSPS) is 21.4. The van der Waals surface area contributed by atoms with Crippen LogP contribution in [0.2, 0.25) is 0 Å². The minimum absolute atomic E-state index is 0.0427. The summed E-state index contributed by atoms with van der Waals surface area (Å²) in [5.74, 6) is -9.42. The van der Waals surface area contributed by atoms with E-state index < -0.39 is 193 Å². The third-order valence-electron chi connectivity index (χ3n) is 14.6. The van der Waals surface area contributed by atoms with Crippen LogP contribution in [0.1, 0.15) is 180 Å². The molecular weight excluding hydrogens is 1280 g/mol. The van der Waals surface area contributed by atoms with Gasteiger partial charge in [0, 0.05) is 45.1 Å². The molecule has 1 heterocycles. The molecule has 17 N–H and O–H groups in total. The summed E-state index contributed by atoms with van der Waals surface area (Å²) in [6, 6.07) is -6.17. The summed E-state index contributed by atoms with van der Waals surface area (Å²) < 4.78 is 16.0. The molecule has 0 aromatic heterocycles. The van der Waals surface area contributed by atoms with Crippen molar-refractivity contribution in [2.24, 2.45) is 11.7 Å². The van der Waals surface area contributed by atoms with E-state index in [1.165, 1.54) is 13.8 Å². The molecule has 1 aliphatic rings. The lowest BCUT2D eigenvalue weighted by Gasteiger charge is -2.29. The standard InChI is InChI=1S/C66H112N14O18/c1-16-22-42-53(85)74-43(23-17-2)56(88)79-50(38(6)81)59(91)68-32-28-44(54(86)76-45(29-33-71-63(95)98-66(13,14)15)55(87)78-47(35-39-24-20-19-21-25-39)58(90)77-46(34-37(4)5)57(89)75-42)73-49(83)36-40(26-30-69-61(93)96-64(7,8)9)72-60(92)51(48(82)18-3)80-52(84)41(67)27-31-70-62(94)97-65(10,11)12/h19-21,24-25,37-38,40-48,50-51,81-82H,16-18,22-23,26-36,67H2,1-15H3,(H,68,91)(H,69,93)(H,70,94)(H,71,95)(H,72,92)(H,73,83)(H,74,85)(H,75,89)(H,76,86)(H,77,90)(H,78,87)(H,79,88)(H,80,84)/t38-,40+,41+,42+,43+,44+,45+,46+,47-,48-,50+,51+/m1/s1. The van der Waals surface area contributed by atoms with Crippen molar-refractivity contribution in [1.82, 2.24) is 69.1 Å². The summed E-state index contributed by atoms with van der Waals surface area (Å²) in [4.78, 5) is 182. The smallest absolute Gasteiger partial charge is 0.407 e. The van der Waals surface area contributed by atoms with Crippen molar-refractivity contribution in [1.29, 1.82) is 0 Å². The van der Waals surface area contributed by atoms with Crippen LogP contribution < -0.4 is 74.9 Å². The van der Waals surface area contributed by atoms with E-state index in [0.29, 0.717) is 18.4 Å². The van der Waals surface area contributed by atoms with E-state index in [4.69, 9.17) is 19.9 Å². The zero-order chi connectivity index (χ0) is 74.3. The summed E-state index contributed by atoms with van der Waals surface area (Å²) in [5.41, 5.74) is 4.00. The average molecular weight is 1390 g/mol. The molecule has 1 saturated heterocycles. The van der Waals surface area contributed by atoms with Gasteiger partial charge in [0.2, 0.25) is 59.1 Å². The highest BCUT2D eigenvalue weighted by atomic mass is 16.6. The van der Waals surface area contributed by atoms with Gasteiger partial charge in [-0.3, -0.25) is 47.9 Å². The van der Waals surface area contributed by atoms with Crippen LogP contribution in [0, 0.1) is 5.92 Å². The van der Waals surface area contributed by atoms with Gasteiger partial charge in [0.25, 0.3) is 0 Å². The van der Waals surface area contributed by atoms with E-state index in [2.05, 4.69) is 69.1 Å². The molecular formula is C66H112N14O18. The van der Waals surface area contributed by atoms with Gasteiger partial charge in [0.1, 0.15) is 65.1 Å². The monoisotopic (exact) mass is 1390 g/mol. The van der Waals surface area contributed by atoms with Crippen molar-refractivity contribution in [2.75, 3.05) is 26.2 Å². The Balaban J connectivity index is 2.88. The lowest BCUT2D eigenvalue weighted by Crippen LogP contribution is -2.60. The van der Waals surface area contributed by atoms with Crippen molar-refractivity contribution in [3.05, 3.63) is 35.9 Å². The molecule has 13 amide bonds. The van der Waals surface area contributed by atoms with E-state index in [9.17, 15) is 72.5 Å². The van der Waals surface area contributed by atoms with Gasteiger partial charge in [-0.2, -0.15) is 0 Å². The predicted octanol–water partition coefficient (Wildman–Crippen LogP) is 0.372. The van der Waals surface area contributed by atoms with E-state index >= 15 is 0 Å². The number of hydrogen-bond acceptors (Lipinski definition) is 19. The Morgan fingerprint density at radius 3 is 1.50 bits per heavy atom. The largest absolute Gasteiger partial charge is 0.444 e. The molecule has 12 atom stereocenters. The molecule has 32 nitrogen and oxygen atoms in total. The molecule has 2 rings (SSSR count). The molecule has 0 unspecified atom stereocenters. The summed E-state index contributed by atoms with van der Waals surface area (Å²) in [6.07, 6.45) is -6.92. The molecule has 0 aliphatic carbocycles. The van der Waals surface area contributed by atoms with Gasteiger partial charge < -0.3 is 99.3 Å². The summed E-state index contributed by atoms with van der Waals surface area (Å²) in [5, 5.41) is 55.9. The van der Waals surface area contributed by atoms with Gasteiger partial charge in [-0.15, -0.1) is 0 Å². The topological polar surface area (TPSA) is 472 Å². The van der Waals surface area contributed by atoms with E-state index in [0.717, 1.165) is 0 Å². The molecule has 0 saturated carbocycles. The molecule has 98 heavy (non-hydrogen) atoms. The molecule has 32 heteroatoms. The Bertz CT molecular complexity index is 2810. The molecule has 1 aliphatic heterocycles. The van der Waals surface area contributed by atoms with E-state index in [1.807, 2.05) is 0 Å². The zero-order valence-corrected chi connectivity index (χ0v) is 59.7. The van der Waals surface area contributed by atoms with Crippen molar-refractivity contribution in [2.45, 2.75) is 270 Å². The number of nitrogens with two attached hydrogens (primary N) is 1. The van der Waals surface area contributed by atoms with Crippen LogP contribution in [0.3, 0.4) is 0 Å². The van der Waals surface area contributed by atoms with E-state index in [1.54, 1.807) is 120 Å². The zero-order valence-electron chi connectivity index (χ0n) is 59.7. The van der Waals surface area contributed by atoms with Crippen molar-refractivity contribution < 1.29 is 86.8 Å². The summed E-state index contributed by atoms with van der Waals surface area (Å²) >= 11 is 0. The first kappa shape index (κ1) is 85.7. The second-order valence-electron chi connectivity index (χ2n) is 27.8. The van der Waals surface area contributed by atoms with Crippen LogP contribution in [0.5, 0.6) is 0 Å². The second kappa shape index (κ2) is 41.8. The molecule has 1 aromatic carbocycles. The number of aliphatic hydroxyl groups excluding tert-OH is 2. The van der Waals surface area contributed by atoms with Crippen LogP contribution in [0.4, 0.5) is 14.4 Å². The molecule has 554 valence electrons. The highest BCUT2D eigenvalue weighted by Gasteiger charge is 2.38. The number of ether oxygens (including phenoxy) is 3. The molecule has 0 bridgehead atoms. The lowest BCUT2D eigenvalue weighted by molar-refractivity contribution is -0.136. The lowest BCUT2D eigenvalue weighted by atomic mass is 10.00. The van der Waals surface area contributed by atoms with Crippen LogP contribution in [-0.4, -0.2) is 203 Å². The summed E-state index contributed by atoms with van der Waals surface area (Å²) in [7, 11) is 0. The maximum atomic E-state index is 15.0. The van der Waals surface area contributed by atoms with Crippen molar-refractivity contribution >= 4 is 77.4 Å². The third-order valence-corrected chi connectivity index (χ3v) is 14.6. The summed E-state index contributed by atoms with van der Waals surface area (Å²) in [6.45, 7) is 23.4. The van der Waals surface area contributed by atoms with Gasteiger partial charge >= 0.3 is 18.3 Å². The van der Waals surface area contributed by atoms with Gasteiger partial charge in [0.15, 0.2) is 0 Å². The number of carbonyl (C=O) groups excluding carboxylic acids is 13. The van der Waals surface area contributed by atoms with Gasteiger partial charge in [-0.25, -0.2) is 14.4 Å². The second-order valence-corrected chi connectivity index (χ2v) is 27.8. The number of alkyl carbamates (subject to hydrolysis) is 3. The number of hydrogen-bond donors (Lipinski definition) is 16. The predicted molar refractivity (Wildman–Crippen MR) is 362 cm³/mol. The number of benzene rings is 1. The Morgan fingerprint density at radius 1 is 0.561 bits per heavy atom. The fourth-order valence-electron chi connectivity index (χ4n) is 9.78. The minimum Gasteiger partial charge on any atom is -0.444 e. The van der Waals surface area contributed by atoms with Crippen LogP contribution in [-0.2, 0) is 68.6 Å². The highest BCUT2D eigenvalue weighted by molar-refractivity contribution is 5.98. The van der Waals surface area contributed by atoms with Crippen LogP contribution in [0.25, 0.3) is 0 Å². The SMILES string of the molecule is CCC[C@@H]1NC(=O)[C@H](CC(C)C)NC(=O)[C@@H](Cc2ccccc2)NC(=O)[C@H](CCNC(=O)OC(C)(C)C)NC(=O)[C@@H](NC(=O)C[C@H](CCNC(=O)OC(C)(C)C)NC(=O)[C@@H](NC(=O)[C@@H](N)CCNC(=O)OC(C)(C)C)[C@H](O)CC)CCNC(=O)[C@H]([C@@H](C)O)NC(=O)[C@H](CCC)NC1=O. The number of carbonyl (C=O) groups is 13. The molecule has 0 spiro atoms. The van der Waals surface area contributed by atoms with Gasteiger partial charge in [-0.05, 0) is 132 Å². The maximum Gasteiger partial charge on any atom is 0.407 e.